The summed E-state index contributed by atoms with van der Waals surface area (Å²) >= 11 is 1.44. The van der Waals surface area contributed by atoms with Gasteiger partial charge in [0.1, 0.15) is 5.52 Å². The van der Waals surface area contributed by atoms with Crippen molar-refractivity contribution in [1.29, 1.82) is 0 Å². The zero-order chi connectivity index (χ0) is 24.5. The average Bonchev–Trinajstić information content (AvgIpc) is 3.64. The van der Waals surface area contributed by atoms with Crippen molar-refractivity contribution in [1.82, 2.24) is 24.6 Å². The summed E-state index contributed by atoms with van der Waals surface area (Å²) in [5.41, 5.74) is 2.71. The van der Waals surface area contributed by atoms with E-state index < -0.39 is 0 Å². The average molecular weight is 513 g/mol. The molecule has 2 amide bonds. The minimum Gasteiger partial charge on any atom is -0.479 e. The van der Waals surface area contributed by atoms with Crippen LogP contribution in [-0.2, 0) is 16.0 Å². The maximum absolute atomic E-state index is 13.1. The van der Waals surface area contributed by atoms with Crippen LogP contribution in [0.3, 0.4) is 0 Å². The molecule has 1 unspecified atom stereocenters. The van der Waals surface area contributed by atoms with Gasteiger partial charge < -0.3 is 19.1 Å². The van der Waals surface area contributed by atoms with Crippen LogP contribution in [0, 0.1) is 5.41 Å². The van der Waals surface area contributed by atoms with Gasteiger partial charge in [-0.3, -0.25) is 10.00 Å². The van der Waals surface area contributed by atoms with Crippen LogP contribution < -0.4 is 10.1 Å². The first-order chi connectivity index (χ1) is 17.6. The van der Waals surface area contributed by atoms with Crippen LogP contribution in [-0.4, -0.2) is 76.8 Å². The summed E-state index contributed by atoms with van der Waals surface area (Å²) in [6, 6.07) is -0.105. The Kier molecular flexibility index (Phi) is 6.53. The number of nitrogens with zero attached hydrogens (tertiary/aromatic N) is 5. The fraction of sp³-hybridized carbons (Fsp3) is 0.600. The number of amides is 2. The smallest absolute Gasteiger partial charge is 0.323 e. The molecule has 0 radical (unpaired) electrons. The fourth-order valence-corrected chi connectivity index (χ4v) is 6.53. The molecule has 0 aliphatic carbocycles. The summed E-state index contributed by atoms with van der Waals surface area (Å²) in [5, 5.41) is 8.13. The number of likely N-dealkylation sites (tertiary alicyclic amines) is 1. The van der Waals surface area contributed by atoms with E-state index in [-0.39, 0.29) is 17.6 Å². The number of hydrogen-bond donors (Lipinski definition) is 1. The molecule has 3 fully saturated rings. The van der Waals surface area contributed by atoms with Gasteiger partial charge in [0.05, 0.1) is 30.7 Å². The molecule has 36 heavy (non-hydrogen) atoms. The Balaban J connectivity index is 1.21. The SMILES string of the molecule is COc1ncc(-c2cnn(CC3CCCCO3)c2)c2sc(NC(=O)N3CCC4(CCOCC4)C3)nc12. The zero-order valence-electron chi connectivity index (χ0n) is 20.6. The lowest BCUT2D eigenvalue weighted by molar-refractivity contribution is 0.00400. The van der Waals surface area contributed by atoms with Gasteiger partial charge in [-0.05, 0) is 43.9 Å². The molecule has 0 saturated carbocycles. The zero-order valence-corrected chi connectivity index (χ0v) is 21.4. The standard InChI is InChI=1S/C25H32N6O4S/c1-33-22-20-21(19(13-26-22)17-12-27-31(14-17)15-18-4-2-3-9-35-18)36-23(28-20)29-24(32)30-8-5-25(16-30)6-10-34-11-7-25/h12-14,18H,2-11,15-16H2,1H3,(H,28,29,32). The number of carbonyl (C=O) groups is 1. The number of pyridine rings is 1. The second-order valence-corrected chi connectivity index (χ2v) is 11.0. The van der Waals surface area contributed by atoms with Crippen molar-refractivity contribution in [3.05, 3.63) is 18.6 Å². The number of hydrogen-bond acceptors (Lipinski definition) is 8. The maximum Gasteiger partial charge on any atom is 0.323 e. The lowest BCUT2D eigenvalue weighted by Crippen LogP contribution is -2.37. The molecule has 6 rings (SSSR count). The number of urea groups is 1. The lowest BCUT2D eigenvalue weighted by atomic mass is 9.80. The third-order valence-corrected chi connectivity index (χ3v) is 8.68. The first kappa shape index (κ1) is 23.6. The highest BCUT2D eigenvalue weighted by molar-refractivity contribution is 7.23. The Morgan fingerprint density at radius 3 is 2.94 bits per heavy atom. The van der Waals surface area contributed by atoms with E-state index in [9.17, 15) is 4.79 Å². The van der Waals surface area contributed by atoms with Crippen molar-refractivity contribution in [3.63, 3.8) is 0 Å². The third-order valence-electron chi connectivity index (χ3n) is 7.68. The number of rotatable bonds is 5. The summed E-state index contributed by atoms with van der Waals surface area (Å²) < 4.78 is 19.7. The number of fused-ring (bicyclic) bond motifs is 1. The van der Waals surface area contributed by atoms with Gasteiger partial charge in [0, 0.05) is 56.4 Å². The number of carbonyl (C=O) groups excluding carboxylic acids is 1. The monoisotopic (exact) mass is 512 g/mol. The first-order valence-electron chi connectivity index (χ1n) is 12.7. The Bertz CT molecular complexity index is 1230. The van der Waals surface area contributed by atoms with E-state index in [0.717, 1.165) is 87.4 Å². The minimum atomic E-state index is -0.105. The van der Waals surface area contributed by atoms with Crippen molar-refractivity contribution < 1.29 is 19.0 Å². The molecule has 3 aromatic rings. The number of thiazole rings is 1. The van der Waals surface area contributed by atoms with Crippen LogP contribution in [0.15, 0.2) is 18.6 Å². The molecular formula is C25H32N6O4S. The van der Waals surface area contributed by atoms with Gasteiger partial charge in [0.15, 0.2) is 5.13 Å². The molecule has 3 aromatic heterocycles. The van der Waals surface area contributed by atoms with Crippen molar-refractivity contribution in [2.24, 2.45) is 5.41 Å². The first-order valence-corrected chi connectivity index (χ1v) is 13.6. The highest BCUT2D eigenvalue weighted by Crippen LogP contribution is 2.41. The molecule has 6 heterocycles. The van der Waals surface area contributed by atoms with Crippen LogP contribution in [0.1, 0.15) is 38.5 Å². The lowest BCUT2D eigenvalue weighted by Gasteiger charge is -2.33. The number of anilines is 1. The molecule has 0 aromatic carbocycles. The number of nitrogens with one attached hydrogen (secondary N) is 1. The highest BCUT2D eigenvalue weighted by atomic mass is 32.1. The van der Waals surface area contributed by atoms with E-state index in [4.69, 9.17) is 19.2 Å². The fourth-order valence-electron chi connectivity index (χ4n) is 5.55. The Morgan fingerprint density at radius 1 is 1.25 bits per heavy atom. The molecule has 3 aliphatic heterocycles. The third kappa shape index (κ3) is 4.67. The molecule has 192 valence electrons. The number of ether oxygens (including phenoxy) is 3. The number of aromatic nitrogens is 4. The Hall–Kier alpha value is -2.76. The molecule has 1 spiro atoms. The van der Waals surface area contributed by atoms with Crippen LogP contribution in [0.5, 0.6) is 5.88 Å². The Morgan fingerprint density at radius 2 is 2.14 bits per heavy atom. The number of methoxy groups -OCH3 is 1. The molecule has 1 atom stereocenters. The van der Waals surface area contributed by atoms with E-state index in [1.807, 2.05) is 22.0 Å². The summed E-state index contributed by atoms with van der Waals surface area (Å²) in [6.07, 6.45) is 12.3. The molecule has 1 N–H and O–H groups in total. The molecule has 3 saturated heterocycles. The molecule has 3 aliphatic rings. The highest BCUT2D eigenvalue weighted by Gasteiger charge is 2.41. The van der Waals surface area contributed by atoms with Gasteiger partial charge in [-0.25, -0.2) is 14.8 Å². The van der Waals surface area contributed by atoms with Gasteiger partial charge in [-0.2, -0.15) is 5.10 Å². The van der Waals surface area contributed by atoms with E-state index in [2.05, 4.69) is 15.4 Å². The van der Waals surface area contributed by atoms with E-state index >= 15 is 0 Å². The van der Waals surface area contributed by atoms with Gasteiger partial charge >= 0.3 is 6.03 Å². The summed E-state index contributed by atoms with van der Waals surface area (Å²) in [4.78, 5) is 24.2. The van der Waals surface area contributed by atoms with Crippen molar-refractivity contribution in [3.8, 4) is 17.0 Å². The molecule has 11 heteroatoms. The van der Waals surface area contributed by atoms with Gasteiger partial charge in [0.2, 0.25) is 5.88 Å². The van der Waals surface area contributed by atoms with Crippen LogP contribution in [0.2, 0.25) is 0 Å². The quantitative estimate of drug-likeness (QED) is 0.547. The predicted molar refractivity (Wildman–Crippen MR) is 136 cm³/mol. The van der Waals surface area contributed by atoms with Gasteiger partial charge in [-0.15, -0.1) is 0 Å². The Labute approximate surface area is 213 Å². The molecule has 10 nitrogen and oxygen atoms in total. The normalized spacial score (nSPS) is 21.8. The van der Waals surface area contributed by atoms with E-state index in [1.54, 1.807) is 13.3 Å². The largest absolute Gasteiger partial charge is 0.479 e. The predicted octanol–water partition coefficient (Wildman–Crippen LogP) is 4.17. The topological polar surface area (TPSA) is 104 Å². The minimum absolute atomic E-state index is 0.105. The van der Waals surface area contributed by atoms with Crippen molar-refractivity contribution >= 4 is 32.7 Å². The van der Waals surface area contributed by atoms with Gasteiger partial charge in [-0.1, -0.05) is 11.3 Å². The van der Waals surface area contributed by atoms with Gasteiger partial charge in [0.25, 0.3) is 0 Å². The second-order valence-electron chi connectivity index (χ2n) is 10.0. The summed E-state index contributed by atoms with van der Waals surface area (Å²) in [5.74, 6) is 0.441. The maximum atomic E-state index is 13.1. The van der Waals surface area contributed by atoms with Crippen LogP contribution >= 0.6 is 11.3 Å². The van der Waals surface area contributed by atoms with E-state index in [1.165, 1.54) is 17.8 Å². The van der Waals surface area contributed by atoms with Crippen LogP contribution in [0.25, 0.3) is 21.3 Å². The summed E-state index contributed by atoms with van der Waals surface area (Å²) in [6.45, 7) is 4.66. The van der Waals surface area contributed by atoms with Crippen molar-refractivity contribution in [2.45, 2.75) is 51.2 Å². The van der Waals surface area contributed by atoms with E-state index in [0.29, 0.717) is 16.5 Å². The molecule has 0 bridgehead atoms. The summed E-state index contributed by atoms with van der Waals surface area (Å²) in [7, 11) is 1.58. The molecular weight excluding hydrogens is 480 g/mol. The second kappa shape index (κ2) is 9.95. The van der Waals surface area contributed by atoms with Crippen molar-refractivity contribution in [2.75, 3.05) is 45.3 Å². The van der Waals surface area contributed by atoms with Crippen LogP contribution in [0.4, 0.5) is 9.93 Å².